The molecule has 0 aliphatic rings. The van der Waals surface area contributed by atoms with Gasteiger partial charge in [0.2, 0.25) is 0 Å². The molecule has 12 rings (SSSR count). The van der Waals surface area contributed by atoms with Crippen LogP contribution in [0.4, 0.5) is 0 Å². The van der Waals surface area contributed by atoms with Crippen LogP contribution in [0.3, 0.4) is 0 Å². The summed E-state index contributed by atoms with van der Waals surface area (Å²) in [6.45, 7) is 0. The van der Waals surface area contributed by atoms with E-state index < -0.39 is 0 Å². The number of rotatable bonds is 9. The number of pyridine rings is 1. The van der Waals surface area contributed by atoms with Gasteiger partial charge < -0.3 is 4.57 Å². The zero-order valence-corrected chi connectivity index (χ0v) is 36.5. The molecule has 3 aromatic heterocycles. The fourth-order valence-corrected chi connectivity index (χ4v) is 9.53. The van der Waals surface area contributed by atoms with Crippen molar-refractivity contribution in [3.05, 3.63) is 255 Å². The van der Waals surface area contributed by atoms with Gasteiger partial charge >= 0.3 is 0 Å². The number of nitrogens with zero attached hydrogens (tertiary/aromatic N) is 4. The molecule has 0 N–H and O–H groups in total. The van der Waals surface area contributed by atoms with Crippen LogP contribution in [0.1, 0.15) is 0 Å². The fourth-order valence-electron chi connectivity index (χ4n) is 9.53. The Morgan fingerprint density at radius 3 is 1.15 bits per heavy atom. The minimum absolute atomic E-state index is 0.654. The number of benzene rings is 9. The van der Waals surface area contributed by atoms with Crippen molar-refractivity contribution in [3.8, 4) is 95.5 Å². The van der Waals surface area contributed by atoms with Gasteiger partial charge in [0.25, 0.3) is 0 Å². The van der Waals surface area contributed by atoms with Crippen molar-refractivity contribution in [2.75, 3.05) is 0 Å². The van der Waals surface area contributed by atoms with Gasteiger partial charge in [0.1, 0.15) is 0 Å². The molecule has 4 heteroatoms. The summed E-state index contributed by atoms with van der Waals surface area (Å²) < 4.78 is 2.35. The Kier molecular flexibility index (Phi) is 10.2. The monoisotopic (exact) mass is 854 g/mol. The van der Waals surface area contributed by atoms with E-state index in [1.165, 1.54) is 21.8 Å². The second-order valence-corrected chi connectivity index (χ2v) is 16.7. The van der Waals surface area contributed by atoms with Crippen LogP contribution in [-0.2, 0) is 0 Å². The molecule has 0 radical (unpaired) electrons. The topological polar surface area (TPSA) is 43.6 Å². The molecular formula is C63H42N4. The largest absolute Gasteiger partial charge is 0.309 e. The minimum Gasteiger partial charge on any atom is -0.309 e. The first-order valence-electron chi connectivity index (χ1n) is 22.7. The third kappa shape index (κ3) is 7.37. The molecule has 0 saturated heterocycles. The molecule has 12 aromatic rings. The van der Waals surface area contributed by atoms with Gasteiger partial charge in [-0.25, -0.2) is 15.0 Å². The Balaban J connectivity index is 1.06. The molecule has 0 fully saturated rings. The Hall–Kier alpha value is -8.99. The molecule has 0 spiro atoms. The van der Waals surface area contributed by atoms with E-state index in [-0.39, 0.29) is 0 Å². The van der Waals surface area contributed by atoms with Gasteiger partial charge in [-0.2, -0.15) is 0 Å². The van der Waals surface area contributed by atoms with Crippen molar-refractivity contribution in [1.29, 1.82) is 0 Å². The zero-order chi connectivity index (χ0) is 44.5. The number of aromatic nitrogens is 4. The van der Waals surface area contributed by atoms with Crippen molar-refractivity contribution in [2.45, 2.75) is 0 Å². The van der Waals surface area contributed by atoms with Crippen molar-refractivity contribution >= 4 is 21.8 Å². The van der Waals surface area contributed by atoms with Gasteiger partial charge in [-0.3, -0.25) is 0 Å². The first-order valence-corrected chi connectivity index (χ1v) is 22.7. The summed E-state index contributed by atoms with van der Waals surface area (Å²) in [5.74, 6) is 0.654. The van der Waals surface area contributed by atoms with Crippen molar-refractivity contribution < 1.29 is 0 Å². The maximum Gasteiger partial charge on any atom is 0.160 e. The third-order valence-electron chi connectivity index (χ3n) is 12.6. The normalized spacial score (nSPS) is 11.3. The second kappa shape index (κ2) is 17.2. The van der Waals surface area contributed by atoms with Crippen LogP contribution in [0, 0.1) is 0 Å². The van der Waals surface area contributed by atoms with Crippen LogP contribution in [0.15, 0.2) is 255 Å². The Morgan fingerprint density at radius 1 is 0.254 bits per heavy atom. The quantitative estimate of drug-likeness (QED) is 0.145. The molecular weight excluding hydrogens is 813 g/mol. The van der Waals surface area contributed by atoms with Crippen LogP contribution in [0.5, 0.6) is 0 Å². The van der Waals surface area contributed by atoms with Gasteiger partial charge in [-0.1, -0.05) is 224 Å². The summed E-state index contributed by atoms with van der Waals surface area (Å²) in [5, 5.41) is 2.46. The molecule has 0 bridgehead atoms. The Morgan fingerprint density at radius 2 is 0.642 bits per heavy atom. The highest BCUT2D eigenvalue weighted by atomic mass is 15.0. The van der Waals surface area contributed by atoms with E-state index in [4.69, 9.17) is 15.0 Å². The van der Waals surface area contributed by atoms with Crippen LogP contribution >= 0.6 is 0 Å². The van der Waals surface area contributed by atoms with E-state index in [0.29, 0.717) is 5.82 Å². The van der Waals surface area contributed by atoms with Crippen LogP contribution in [-0.4, -0.2) is 19.5 Å². The summed E-state index contributed by atoms with van der Waals surface area (Å²) in [7, 11) is 0. The molecule has 4 nitrogen and oxygen atoms in total. The molecule has 314 valence electrons. The predicted octanol–water partition coefficient (Wildman–Crippen LogP) is 16.3. The van der Waals surface area contributed by atoms with E-state index in [1.54, 1.807) is 0 Å². The highest BCUT2D eigenvalue weighted by Gasteiger charge is 2.25. The number of para-hydroxylation sites is 2. The molecule has 0 saturated carbocycles. The summed E-state index contributed by atoms with van der Waals surface area (Å²) >= 11 is 0. The lowest BCUT2D eigenvalue weighted by Crippen LogP contribution is -2.01. The van der Waals surface area contributed by atoms with Crippen molar-refractivity contribution in [2.24, 2.45) is 0 Å². The van der Waals surface area contributed by atoms with Crippen molar-refractivity contribution in [3.63, 3.8) is 0 Å². The van der Waals surface area contributed by atoms with Crippen LogP contribution in [0.2, 0.25) is 0 Å². The zero-order valence-electron chi connectivity index (χ0n) is 36.5. The smallest absolute Gasteiger partial charge is 0.160 e. The summed E-state index contributed by atoms with van der Waals surface area (Å²) in [6.07, 6.45) is 0. The van der Waals surface area contributed by atoms with Gasteiger partial charge in [0.15, 0.2) is 5.82 Å². The predicted molar refractivity (Wildman–Crippen MR) is 278 cm³/mol. The molecule has 3 heterocycles. The number of hydrogen-bond donors (Lipinski definition) is 0. The lowest BCUT2D eigenvalue weighted by Gasteiger charge is -2.23. The number of hydrogen-bond acceptors (Lipinski definition) is 3. The molecule has 9 aromatic carbocycles. The molecule has 0 aliphatic heterocycles. The van der Waals surface area contributed by atoms with E-state index >= 15 is 0 Å². The third-order valence-corrected chi connectivity index (χ3v) is 12.6. The van der Waals surface area contributed by atoms with E-state index in [0.717, 1.165) is 89.7 Å². The Labute approximate surface area is 389 Å². The summed E-state index contributed by atoms with van der Waals surface area (Å²) in [5.41, 5.74) is 18.6. The molecule has 0 unspecified atom stereocenters. The van der Waals surface area contributed by atoms with E-state index in [1.807, 2.05) is 6.07 Å². The Bertz CT molecular complexity index is 3540. The van der Waals surface area contributed by atoms with E-state index in [2.05, 4.69) is 253 Å². The van der Waals surface area contributed by atoms with Gasteiger partial charge in [0, 0.05) is 61.0 Å². The van der Waals surface area contributed by atoms with Gasteiger partial charge in [-0.15, -0.1) is 0 Å². The van der Waals surface area contributed by atoms with Crippen molar-refractivity contribution in [1.82, 2.24) is 19.5 Å². The molecule has 0 aliphatic carbocycles. The fraction of sp³-hybridized carbons (Fsp3) is 0. The first kappa shape index (κ1) is 39.6. The number of fused-ring (bicyclic) bond motifs is 3. The summed E-state index contributed by atoms with van der Waals surface area (Å²) in [6, 6.07) is 89.7. The average Bonchev–Trinajstić information content (AvgIpc) is 3.76. The maximum atomic E-state index is 5.62. The SMILES string of the molecule is c1ccc(-c2cc(-c3cccc(-n4c5ccccc5c5ccccc54)c3)nc(-c3ccc(-c4c(-c5ccccc5)c(-c5ccccc5)nc(-c5ccccc5)c4-c4ccccc4)cc3)n2)cc1. The lowest BCUT2D eigenvalue weighted by atomic mass is 9.83. The first-order chi connectivity index (χ1) is 33.2. The highest BCUT2D eigenvalue weighted by molar-refractivity contribution is 6.09. The standard InChI is InChI=1S/C63H42N4/c1-6-21-43(22-7-1)54-42-55(50-31-20-32-51(41-50)67-56-35-18-16-33-52(56)53-34-17-19-36-57(53)67)65-63(64-54)49-39-37-46(38-40-49)58-59(44-23-8-2-9-24-44)61(47-27-12-4-13-28-47)66-62(48-29-14-5-15-30-48)60(58)45-25-10-3-11-26-45/h1-42H. The van der Waals surface area contributed by atoms with Crippen LogP contribution in [0.25, 0.3) is 117 Å². The maximum absolute atomic E-state index is 5.62. The molecule has 67 heavy (non-hydrogen) atoms. The minimum atomic E-state index is 0.654. The lowest BCUT2D eigenvalue weighted by molar-refractivity contribution is 1.16. The second-order valence-electron chi connectivity index (χ2n) is 16.7. The molecule has 0 atom stereocenters. The average molecular weight is 855 g/mol. The molecule has 0 amide bonds. The van der Waals surface area contributed by atoms with Crippen LogP contribution < -0.4 is 0 Å². The summed E-state index contributed by atoms with van der Waals surface area (Å²) in [4.78, 5) is 16.2. The van der Waals surface area contributed by atoms with E-state index in [9.17, 15) is 0 Å². The van der Waals surface area contributed by atoms with Gasteiger partial charge in [0.05, 0.1) is 33.8 Å². The van der Waals surface area contributed by atoms with Gasteiger partial charge in [-0.05, 0) is 47.0 Å². The highest BCUT2D eigenvalue weighted by Crippen LogP contribution is 2.49.